The maximum absolute atomic E-state index is 10.9. The maximum atomic E-state index is 10.9. The summed E-state index contributed by atoms with van der Waals surface area (Å²) in [4.78, 5) is 4.02. The molecule has 0 aliphatic rings. The van der Waals surface area contributed by atoms with Crippen molar-refractivity contribution in [1.82, 2.24) is 29.8 Å². The van der Waals surface area contributed by atoms with Crippen molar-refractivity contribution in [2.75, 3.05) is 33.0 Å². The van der Waals surface area contributed by atoms with Crippen molar-refractivity contribution in [3.63, 3.8) is 0 Å². The largest absolute Gasteiger partial charge is 0.386 e. The molecular formula is C26H38N6O4. The average molecular weight is 499 g/mol. The predicted molar refractivity (Wildman–Crippen MR) is 137 cm³/mol. The Labute approximate surface area is 212 Å². The Morgan fingerprint density at radius 3 is 2.36 bits per heavy atom. The van der Waals surface area contributed by atoms with Gasteiger partial charge in [0, 0.05) is 6.61 Å². The van der Waals surface area contributed by atoms with Crippen molar-refractivity contribution in [2.24, 2.45) is 5.41 Å². The zero-order valence-electron chi connectivity index (χ0n) is 21.7. The van der Waals surface area contributed by atoms with Gasteiger partial charge in [-0.2, -0.15) is 5.10 Å². The molecule has 0 aliphatic heterocycles. The number of nitrogens with zero attached hydrogens (tertiary/aromatic N) is 6. The van der Waals surface area contributed by atoms with Crippen LogP contribution in [0, 0.1) is 5.41 Å². The standard InChI is InChI=1S/C26H38N6O4/c1-5-6-11-34-12-13-35-14-15-36-18-22-17-31(30-29-22)23-9-7-21(8-10-23)16-24(25(33)26(2,3)4)32-20-27-19-28-32/h7-10,16-17,19-20,25,33H,5-6,11-15,18H2,1-4H3/b24-16+. The van der Waals surface area contributed by atoms with Gasteiger partial charge < -0.3 is 19.3 Å². The number of hydrogen-bond donors (Lipinski definition) is 1. The molecule has 10 heteroatoms. The molecule has 3 aromatic rings. The van der Waals surface area contributed by atoms with E-state index in [1.54, 1.807) is 15.7 Å². The van der Waals surface area contributed by atoms with E-state index >= 15 is 0 Å². The van der Waals surface area contributed by atoms with E-state index in [1.807, 2.05) is 57.3 Å². The van der Waals surface area contributed by atoms with Crippen LogP contribution in [0.3, 0.4) is 0 Å². The van der Waals surface area contributed by atoms with Gasteiger partial charge in [0.05, 0.1) is 50.6 Å². The van der Waals surface area contributed by atoms with Crippen LogP contribution < -0.4 is 0 Å². The van der Waals surface area contributed by atoms with Crippen molar-refractivity contribution in [3.8, 4) is 5.69 Å². The summed E-state index contributed by atoms with van der Waals surface area (Å²) < 4.78 is 19.9. The summed E-state index contributed by atoms with van der Waals surface area (Å²) in [6.07, 6.45) is 8.29. The molecule has 3 rings (SSSR count). The molecule has 0 aliphatic carbocycles. The van der Waals surface area contributed by atoms with Gasteiger partial charge in [-0.05, 0) is 35.6 Å². The van der Waals surface area contributed by atoms with Crippen LogP contribution in [-0.2, 0) is 20.8 Å². The first-order valence-corrected chi connectivity index (χ1v) is 12.4. The molecule has 0 bridgehead atoms. The minimum Gasteiger partial charge on any atom is -0.386 e. The molecule has 1 aromatic carbocycles. The second-order valence-electron chi connectivity index (χ2n) is 9.55. The van der Waals surface area contributed by atoms with Gasteiger partial charge in [-0.25, -0.2) is 14.3 Å². The molecule has 0 amide bonds. The van der Waals surface area contributed by atoms with E-state index in [2.05, 4.69) is 27.3 Å². The lowest BCUT2D eigenvalue weighted by molar-refractivity contribution is 0.00964. The molecule has 2 aromatic heterocycles. The topological polar surface area (TPSA) is 109 Å². The van der Waals surface area contributed by atoms with E-state index in [1.165, 1.54) is 6.33 Å². The normalized spacial score (nSPS) is 13.3. The Hall–Kier alpha value is -2.92. The molecule has 1 N–H and O–H groups in total. The molecule has 0 saturated heterocycles. The molecule has 0 saturated carbocycles. The molecule has 0 fully saturated rings. The second-order valence-corrected chi connectivity index (χ2v) is 9.55. The Morgan fingerprint density at radius 1 is 1.03 bits per heavy atom. The van der Waals surface area contributed by atoms with Gasteiger partial charge in [0.25, 0.3) is 0 Å². The Morgan fingerprint density at radius 2 is 1.72 bits per heavy atom. The third-order valence-corrected chi connectivity index (χ3v) is 5.43. The summed E-state index contributed by atoms with van der Waals surface area (Å²) in [5, 5.41) is 23.5. The van der Waals surface area contributed by atoms with Crippen LogP contribution in [0.15, 0.2) is 43.1 Å². The minimum atomic E-state index is -0.721. The summed E-state index contributed by atoms with van der Waals surface area (Å²) in [5.74, 6) is 0. The quantitative estimate of drug-likeness (QED) is 0.317. The maximum Gasteiger partial charge on any atom is 0.138 e. The van der Waals surface area contributed by atoms with Gasteiger partial charge in [-0.1, -0.05) is 51.5 Å². The van der Waals surface area contributed by atoms with Gasteiger partial charge in [0.2, 0.25) is 0 Å². The van der Waals surface area contributed by atoms with Crippen molar-refractivity contribution < 1.29 is 19.3 Å². The number of aromatic nitrogens is 6. The summed E-state index contributed by atoms with van der Waals surface area (Å²) >= 11 is 0. The summed E-state index contributed by atoms with van der Waals surface area (Å²) in [7, 11) is 0. The number of benzene rings is 1. The summed E-state index contributed by atoms with van der Waals surface area (Å²) in [6, 6.07) is 7.82. The number of ether oxygens (including phenoxy) is 3. The highest BCUT2D eigenvalue weighted by atomic mass is 16.5. The minimum absolute atomic E-state index is 0.355. The van der Waals surface area contributed by atoms with Crippen LogP contribution in [0.25, 0.3) is 17.5 Å². The Kier molecular flexibility index (Phi) is 10.7. The number of rotatable bonds is 15. The summed E-state index contributed by atoms with van der Waals surface area (Å²) in [6.45, 7) is 11.4. The molecular weight excluding hydrogens is 460 g/mol. The highest BCUT2D eigenvalue weighted by Crippen LogP contribution is 2.28. The lowest BCUT2D eigenvalue weighted by atomic mass is 9.86. The fourth-order valence-electron chi connectivity index (χ4n) is 3.30. The van der Waals surface area contributed by atoms with E-state index in [0.717, 1.165) is 36.4 Å². The Balaban J connectivity index is 1.50. The van der Waals surface area contributed by atoms with E-state index in [-0.39, 0.29) is 5.41 Å². The van der Waals surface area contributed by atoms with Gasteiger partial charge in [-0.15, -0.1) is 5.10 Å². The monoisotopic (exact) mass is 498 g/mol. The van der Waals surface area contributed by atoms with Gasteiger partial charge in [0.1, 0.15) is 24.5 Å². The number of aliphatic hydroxyl groups is 1. The van der Waals surface area contributed by atoms with Crippen LogP contribution in [0.1, 0.15) is 51.8 Å². The molecule has 0 spiro atoms. The first kappa shape index (κ1) is 27.7. The Bertz CT molecular complexity index is 1040. The molecule has 2 heterocycles. The fourth-order valence-corrected chi connectivity index (χ4v) is 3.30. The number of aliphatic hydroxyl groups excluding tert-OH is 1. The molecule has 10 nitrogen and oxygen atoms in total. The molecule has 1 atom stereocenters. The fraction of sp³-hybridized carbons (Fsp3) is 0.538. The first-order valence-electron chi connectivity index (χ1n) is 12.4. The van der Waals surface area contributed by atoms with E-state index in [4.69, 9.17) is 14.2 Å². The smallest absolute Gasteiger partial charge is 0.138 e. The molecule has 196 valence electrons. The van der Waals surface area contributed by atoms with Crippen molar-refractivity contribution >= 4 is 11.8 Å². The summed E-state index contributed by atoms with van der Waals surface area (Å²) in [5.41, 5.74) is 2.83. The molecule has 36 heavy (non-hydrogen) atoms. The van der Waals surface area contributed by atoms with Crippen LogP contribution >= 0.6 is 0 Å². The molecule has 0 radical (unpaired) electrons. The first-order chi connectivity index (χ1) is 17.4. The van der Waals surface area contributed by atoms with Crippen molar-refractivity contribution in [2.45, 2.75) is 53.2 Å². The highest BCUT2D eigenvalue weighted by Gasteiger charge is 2.27. The third-order valence-electron chi connectivity index (χ3n) is 5.43. The van der Waals surface area contributed by atoms with Gasteiger partial charge in [-0.3, -0.25) is 0 Å². The van der Waals surface area contributed by atoms with Crippen LogP contribution in [0.5, 0.6) is 0 Å². The third kappa shape index (κ3) is 8.63. The van der Waals surface area contributed by atoms with E-state index in [0.29, 0.717) is 38.7 Å². The van der Waals surface area contributed by atoms with Crippen LogP contribution in [-0.4, -0.2) is 74.0 Å². The second kappa shape index (κ2) is 14.0. The lowest BCUT2D eigenvalue weighted by Crippen LogP contribution is -2.29. The van der Waals surface area contributed by atoms with Crippen LogP contribution in [0.4, 0.5) is 0 Å². The zero-order valence-corrected chi connectivity index (χ0v) is 21.7. The van der Waals surface area contributed by atoms with Gasteiger partial charge in [0.15, 0.2) is 0 Å². The number of hydrogen-bond acceptors (Lipinski definition) is 8. The zero-order chi connectivity index (χ0) is 25.8. The van der Waals surface area contributed by atoms with Crippen molar-refractivity contribution in [1.29, 1.82) is 0 Å². The van der Waals surface area contributed by atoms with E-state index in [9.17, 15) is 5.11 Å². The van der Waals surface area contributed by atoms with Crippen molar-refractivity contribution in [3.05, 3.63) is 54.4 Å². The van der Waals surface area contributed by atoms with Crippen LogP contribution in [0.2, 0.25) is 0 Å². The highest BCUT2D eigenvalue weighted by molar-refractivity contribution is 5.73. The van der Waals surface area contributed by atoms with Gasteiger partial charge >= 0.3 is 0 Å². The average Bonchev–Trinajstić information content (AvgIpc) is 3.56. The number of unbranched alkanes of at least 4 members (excludes halogenated alkanes) is 1. The predicted octanol–water partition coefficient (Wildman–Crippen LogP) is 3.61. The van der Waals surface area contributed by atoms with E-state index < -0.39 is 6.10 Å². The lowest BCUT2D eigenvalue weighted by Gasteiger charge is -2.28. The molecule has 1 unspecified atom stereocenters. The SMILES string of the molecule is CCCCOCCOCCOCc1cn(-c2ccc(/C=C(\C(O)C(C)(C)C)n3cncn3)cc2)nn1.